The maximum atomic E-state index is 14.0. The van der Waals surface area contributed by atoms with E-state index in [2.05, 4.69) is 6.07 Å². The molecule has 0 saturated heterocycles. The number of halogens is 3. The molecular formula is C21H15Cl2FN2. The summed E-state index contributed by atoms with van der Waals surface area (Å²) in [6.45, 7) is 3.86. The molecule has 0 radical (unpaired) electrons. The highest BCUT2D eigenvalue weighted by Crippen LogP contribution is 2.32. The molecule has 0 aliphatic carbocycles. The molecule has 2 aromatic carbocycles. The summed E-state index contributed by atoms with van der Waals surface area (Å²) < 4.78 is 16.0. The quantitative estimate of drug-likeness (QED) is 0.467. The minimum atomic E-state index is -0.424. The summed E-state index contributed by atoms with van der Waals surface area (Å²) in [5.74, 6) is -0.424. The van der Waals surface area contributed by atoms with Crippen LogP contribution in [0.2, 0.25) is 10.0 Å². The van der Waals surface area contributed by atoms with Crippen LogP contribution in [-0.4, -0.2) is 4.57 Å². The Balaban J connectivity index is 2.16. The second kappa shape index (κ2) is 7.37. The lowest BCUT2D eigenvalue weighted by molar-refractivity contribution is 0.624. The van der Waals surface area contributed by atoms with Crippen molar-refractivity contribution < 1.29 is 4.39 Å². The molecule has 1 heterocycles. The molecule has 0 aliphatic rings. The standard InChI is InChI=1S/C21H15Cl2FN2/c1-13-10-15(11-16(12-25)17-6-3-4-8-19(17)24)14(2)26(13)20-9-5-7-18(22)21(20)23/h3-11H,1-2H3/b16-11-. The van der Waals surface area contributed by atoms with E-state index in [0.717, 1.165) is 22.6 Å². The summed E-state index contributed by atoms with van der Waals surface area (Å²) in [5, 5.41) is 10.4. The van der Waals surface area contributed by atoms with Gasteiger partial charge in [-0.05, 0) is 49.8 Å². The fraction of sp³-hybridized carbons (Fsp3) is 0.0952. The topological polar surface area (TPSA) is 28.7 Å². The zero-order valence-electron chi connectivity index (χ0n) is 14.2. The summed E-state index contributed by atoms with van der Waals surface area (Å²) in [4.78, 5) is 0. The summed E-state index contributed by atoms with van der Waals surface area (Å²) in [6, 6.07) is 15.7. The van der Waals surface area contributed by atoms with Crippen molar-refractivity contribution in [3.63, 3.8) is 0 Å². The van der Waals surface area contributed by atoms with Gasteiger partial charge in [0.05, 0.1) is 27.4 Å². The third kappa shape index (κ3) is 3.26. The van der Waals surface area contributed by atoms with Gasteiger partial charge in [-0.15, -0.1) is 0 Å². The van der Waals surface area contributed by atoms with E-state index in [1.165, 1.54) is 6.07 Å². The highest BCUT2D eigenvalue weighted by atomic mass is 35.5. The molecule has 0 atom stereocenters. The van der Waals surface area contributed by atoms with Gasteiger partial charge in [-0.25, -0.2) is 4.39 Å². The van der Waals surface area contributed by atoms with E-state index in [9.17, 15) is 9.65 Å². The smallest absolute Gasteiger partial charge is 0.131 e. The Bertz CT molecular complexity index is 1060. The lowest BCUT2D eigenvalue weighted by Gasteiger charge is -2.12. The third-order valence-electron chi connectivity index (χ3n) is 4.23. The van der Waals surface area contributed by atoms with Gasteiger partial charge in [-0.3, -0.25) is 0 Å². The molecule has 26 heavy (non-hydrogen) atoms. The van der Waals surface area contributed by atoms with E-state index < -0.39 is 5.82 Å². The van der Waals surface area contributed by atoms with Crippen molar-refractivity contribution in [2.24, 2.45) is 0 Å². The second-order valence-corrected chi connectivity index (χ2v) is 6.67. The second-order valence-electron chi connectivity index (χ2n) is 5.88. The molecule has 2 nitrogen and oxygen atoms in total. The predicted octanol–water partition coefficient (Wildman–Crippen LogP) is 6.60. The average Bonchev–Trinajstić information content (AvgIpc) is 2.90. The van der Waals surface area contributed by atoms with Crippen molar-refractivity contribution >= 4 is 34.9 Å². The van der Waals surface area contributed by atoms with Crippen molar-refractivity contribution in [3.05, 3.63) is 86.9 Å². The fourth-order valence-electron chi connectivity index (χ4n) is 2.97. The van der Waals surface area contributed by atoms with Crippen LogP contribution in [0.4, 0.5) is 4.39 Å². The van der Waals surface area contributed by atoms with Crippen molar-refractivity contribution in [1.82, 2.24) is 4.57 Å². The number of aromatic nitrogens is 1. The molecule has 0 amide bonds. The van der Waals surface area contributed by atoms with Crippen LogP contribution < -0.4 is 0 Å². The lowest BCUT2D eigenvalue weighted by atomic mass is 10.0. The van der Waals surface area contributed by atoms with Crippen LogP contribution in [0.25, 0.3) is 17.3 Å². The Morgan fingerprint density at radius 1 is 1.12 bits per heavy atom. The molecule has 0 aliphatic heterocycles. The van der Waals surface area contributed by atoms with Crippen molar-refractivity contribution in [1.29, 1.82) is 5.26 Å². The van der Waals surface area contributed by atoms with Crippen LogP contribution in [0, 0.1) is 31.0 Å². The molecule has 0 bridgehead atoms. The number of benzene rings is 2. The number of hydrogen-bond donors (Lipinski definition) is 0. The molecule has 0 unspecified atom stereocenters. The molecule has 0 spiro atoms. The van der Waals surface area contributed by atoms with Crippen LogP contribution in [0.1, 0.15) is 22.5 Å². The van der Waals surface area contributed by atoms with E-state index in [0.29, 0.717) is 10.0 Å². The average molecular weight is 385 g/mol. The number of nitrogens with zero attached hydrogens (tertiary/aromatic N) is 2. The summed E-state index contributed by atoms with van der Waals surface area (Å²) in [5.41, 5.74) is 3.94. The fourth-order valence-corrected chi connectivity index (χ4v) is 3.36. The van der Waals surface area contributed by atoms with Gasteiger partial charge in [-0.1, -0.05) is 47.5 Å². The van der Waals surface area contributed by atoms with E-state index >= 15 is 0 Å². The molecule has 3 aromatic rings. The minimum absolute atomic E-state index is 0.264. The number of allylic oxidation sites excluding steroid dienone is 1. The van der Waals surface area contributed by atoms with Crippen molar-refractivity contribution in [2.45, 2.75) is 13.8 Å². The maximum absolute atomic E-state index is 14.0. The zero-order chi connectivity index (χ0) is 18.8. The molecule has 0 N–H and O–H groups in total. The van der Waals surface area contributed by atoms with Crippen LogP contribution in [0.15, 0.2) is 48.5 Å². The SMILES string of the molecule is Cc1cc(/C=C(/C#N)c2ccccc2F)c(C)n1-c1cccc(Cl)c1Cl. The van der Waals surface area contributed by atoms with Crippen LogP contribution >= 0.6 is 23.2 Å². The number of aryl methyl sites for hydroxylation is 1. The maximum Gasteiger partial charge on any atom is 0.131 e. The Hall–Kier alpha value is -2.54. The van der Waals surface area contributed by atoms with E-state index in [1.807, 2.05) is 36.6 Å². The third-order valence-corrected chi connectivity index (χ3v) is 5.04. The van der Waals surface area contributed by atoms with Gasteiger partial charge >= 0.3 is 0 Å². The zero-order valence-corrected chi connectivity index (χ0v) is 15.7. The first-order valence-corrected chi connectivity index (χ1v) is 8.69. The van der Waals surface area contributed by atoms with E-state index in [4.69, 9.17) is 23.2 Å². The van der Waals surface area contributed by atoms with Crippen molar-refractivity contribution in [2.75, 3.05) is 0 Å². The Morgan fingerprint density at radius 3 is 2.54 bits per heavy atom. The molecule has 3 rings (SSSR count). The molecule has 0 fully saturated rings. The molecular weight excluding hydrogens is 370 g/mol. The first-order valence-electron chi connectivity index (χ1n) is 7.94. The van der Waals surface area contributed by atoms with E-state index in [1.54, 1.807) is 30.3 Å². The number of hydrogen-bond acceptors (Lipinski definition) is 1. The summed E-state index contributed by atoms with van der Waals surface area (Å²) in [7, 11) is 0. The Labute approximate surface area is 161 Å². The molecule has 0 saturated carbocycles. The first kappa shape index (κ1) is 18.3. The minimum Gasteiger partial charge on any atom is -0.316 e. The Kier molecular flexibility index (Phi) is 5.18. The van der Waals surface area contributed by atoms with Crippen molar-refractivity contribution in [3.8, 4) is 11.8 Å². The first-order chi connectivity index (χ1) is 12.4. The van der Waals surface area contributed by atoms with Gasteiger partial charge in [0, 0.05) is 17.0 Å². The van der Waals surface area contributed by atoms with Crippen LogP contribution in [0.3, 0.4) is 0 Å². The van der Waals surface area contributed by atoms with Gasteiger partial charge in [-0.2, -0.15) is 5.26 Å². The van der Waals surface area contributed by atoms with Gasteiger partial charge < -0.3 is 4.57 Å². The lowest BCUT2D eigenvalue weighted by Crippen LogP contribution is -2.00. The molecule has 130 valence electrons. The molecule has 5 heteroatoms. The predicted molar refractivity (Wildman–Crippen MR) is 105 cm³/mol. The summed E-state index contributed by atoms with van der Waals surface area (Å²) >= 11 is 12.5. The van der Waals surface area contributed by atoms with Gasteiger partial charge in [0.2, 0.25) is 0 Å². The highest BCUT2D eigenvalue weighted by Gasteiger charge is 2.15. The highest BCUT2D eigenvalue weighted by molar-refractivity contribution is 6.43. The number of nitriles is 1. The largest absolute Gasteiger partial charge is 0.316 e. The molecule has 1 aromatic heterocycles. The van der Waals surface area contributed by atoms with Gasteiger partial charge in [0.15, 0.2) is 0 Å². The monoisotopic (exact) mass is 384 g/mol. The summed E-state index contributed by atoms with van der Waals surface area (Å²) in [6.07, 6.45) is 1.69. The number of rotatable bonds is 3. The normalized spacial score (nSPS) is 11.5. The van der Waals surface area contributed by atoms with Gasteiger partial charge in [0.1, 0.15) is 5.82 Å². The van der Waals surface area contributed by atoms with Gasteiger partial charge in [0.25, 0.3) is 0 Å². The van der Waals surface area contributed by atoms with Crippen LogP contribution in [0.5, 0.6) is 0 Å². The van der Waals surface area contributed by atoms with E-state index in [-0.39, 0.29) is 11.1 Å². The van der Waals surface area contributed by atoms with Crippen LogP contribution in [-0.2, 0) is 0 Å². The Morgan fingerprint density at radius 2 is 1.85 bits per heavy atom.